The summed E-state index contributed by atoms with van der Waals surface area (Å²) < 4.78 is 0. The number of aromatic nitrogens is 5. The summed E-state index contributed by atoms with van der Waals surface area (Å²) in [6.07, 6.45) is 7.00. The van der Waals surface area contributed by atoms with Crippen molar-refractivity contribution in [3.05, 3.63) is 54.0 Å². The van der Waals surface area contributed by atoms with Crippen molar-refractivity contribution in [3.63, 3.8) is 0 Å². The number of pyridine rings is 1. The molecule has 0 atom stereocenters. The van der Waals surface area contributed by atoms with Crippen LogP contribution in [-0.4, -0.2) is 47.1 Å². The lowest BCUT2D eigenvalue weighted by atomic mass is 10.1. The van der Waals surface area contributed by atoms with Gasteiger partial charge in [0.2, 0.25) is 0 Å². The van der Waals surface area contributed by atoms with E-state index < -0.39 is 23.3 Å². The van der Waals surface area contributed by atoms with Crippen LogP contribution in [0.2, 0.25) is 0 Å². The number of carboxylic acids is 2. The van der Waals surface area contributed by atoms with Crippen molar-refractivity contribution in [1.29, 1.82) is 0 Å². The number of hydrogen-bond donors (Lipinski definition) is 2. The van der Waals surface area contributed by atoms with Gasteiger partial charge in [-0.25, -0.2) is 24.5 Å². The maximum Gasteiger partial charge on any atom is 0.356 e. The van der Waals surface area contributed by atoms with Crippen molar-refractivity contribution in [1.82, 2.24) is 24.9 Å². The second kappa shape index (κ2) is 6.40. The van der Waals surface area contributed by atoms with Crippen molar-refractivity contribution in [2.75, 3.05) is 0 Å². The second-order valence-electron chi connectivity index (χ2n) is 5.07. The quantitative estimate of drug-likeness (QED) is 0.728. The molecule has 0 spiro atoms. The fourth-order valence-corrected chi connectivity index (χ4v) is 2.21. The Hall–Kier alpha value is -3.75. The Labute approximate surface area is 141 Å². The Morgan fingerprint density at radius 1 is 0.880 bits per heavy atom. The number of rotatable bonds is 4. The normalized spacial score (nSPS) is 10.4. The molecule has 3 aromatic heterocycles. The maximum atomic E-state index is 11.6. The third kappa shape index (κ3) is 3.15. The molecule has 0 aliphatic rings. The van der Waals surface area contributed by atoms with Gasteiger partial charge in [-0.2, -0.15) is 0 Å². The van der Waals surface area contributed by atoms with E-state index in [1.807, 2.05) is 6.92 Å². The lowest BCUT2D eigenvalue weighted by Crippen LogP contribution is -2.11. The standard InChI is InChI=1S/C16H11N5O4/c1-8-4-9(6-17-5-8)10-7-20-12(14(21-10)16(24)25)11-13(15(22)23)19-3-2-18-11/h2-7H,1H3,(H,22,23)(H,24,25). The molecule has 2 N–H and O–H groups in total. The molecule has 25 heavy (non-hydrogen) atoms. The average Bonchev–Trinajstić information content (AvgIpc) is 2.61. The molecule has 0 aromatic carbocycles. The first-order chi connectivity index (χ1) is 12.0. The van der Waals surface area contributed by atoms with Crippen LogP contribution in [0, 0.1) is 6.92 Å². The van der Waals surface area contributed by atoms with Crippen LogP contribution in [0.3, 0.4) is 0 Å². The van der Waals surface area contributed by atoms with Gasteiger partial charge >= 0.3 is 11.9 Å². The van der Waals surface area contributed by atoms with Gasteiger partial charge < -0.3 is 10.2 Å². The van der Waals surface area contributed by atoms with E-state index in [2.05, 4.69) is 24.9 Å². The van der Waals surface area contributed by atoms with Crippen molar-refractivity contribution in [3.8, 4) is 22.6 Å². The third-order valence-electron chi connectivity index (χ3n) is 3.27. The number of aromatic carboxylic acids is 2. The Morgan fingerprint density at radius 2 is 1.56 bits per heavy atom. The molecule has 0 aliphatic heterocycles. The number of nitrogens with zero attached hydrogens (tertiary/aromatic N) is 5. The highest BCUT2D eigenvalue weighted by atomic mass is 16.4. The number of aryl methyl sites for hydroxylation is 1. The summed E-state index contributed by atoms with van der Waals surface area (Å²) in [4.78, 5) is 42.7. The lowest BCUT2D eigenvalue weighted by molar-refractivity contribution is 0.0677. The number of carboxylic acid groups (broad SMARTS) is 2. The summed E-state index contributed by atoms with van der Waals surface area (Å²) in [5.74, 6) is -2.69. The molecule has 0 unspecified atom stereocenters. The summed E-state index contributed by atoms with van der Waals surface area (Å²) in [6, 6.07) is 1.79. The Morgan fingerprint density at radius 3 is 2.24 bits per heavy atom. The molecule has 0 amide bonds. The second-order valence-corrected chi connectivity index (χ2v) is 5.07. The molecule has 0 bridgehead atoms. The molecule has 0 fully saturated rings. The predicted octanol–water partition coefficient (Wildman–Crippen LogP) is 1.70. The van der Waals surface area contributed by atoms with Gasteiger partial charge in [0, 0.05) is 30.4 Å². The van der Waals surface area contributed by atoms with Gasteiger partial charge in [-0.15, -0.1) is 0 Å². The largest absolute Gasteiger partial charge is 0.476 e. The minimum Gasteiger partial charge on any atom is -0.476 e. The smallest absolute Gasteiger partial charge is 0.356 e. The first kappa shape index (κ1) is 16.1. The van der Waals surface area contributed by atoms with Gasteiger partial charge in [0.25, 0.3) is 0 Å². The van der Waals surface area contributed by atoms with Gasteiger partial charge in [-0.05, 0) is 18.6 Å². The van der Waals surface area contributed by atoms with Crippen LogP contribution in [0.5, 0.6) is 0 Å². The molecule has 9 heteroatoms. The molecule has 3 aromatic rings. The van der Waals surface area contributed by atoms with Crippen molar-refractivity contribution in [2.24, 2.45) is 0 Å². The molecule has 9 nitrogen and oxygen atoms in total. The van der Waals surface area contributed by atoms with Crippen molar-refractivity contribution >= 4 is 11.9 Å². The van der Waals surface area contributed by atoms with Crippen LogP contribution in [0.4, 0.5) is 0 Å². The summed E-state index contributed by atoms with van der Waals surface area (Å²) in [5, 5.41) is 18.7. The van der Waals surface area contributed by atoms with E-state index in [0.29, 0.717) is 11.3 Å². The van der Waals surface area contributed by atoms with Crippen LogP contribution in [0.1, 0.15) is 26.5 Å². The van der Waals surface area contributed by atoms with Crippen LogP contribution in [0.15, 0.2) is 37.1 Å². The first-order valence-electron chi connectivity index (χ1n) is 7.04. The van der Waals surface area contributed by atoms with E-state index in [-0.39, 0.29) is 11.4 Å². The van der Waals surface area contributed by atoms with E-state index in [1.54, 1.807) is 12.3 Å². The molecule has 0 saturated heterocycles. The van der Waals surface area contributed by atoms with Crippen LogP contribution >= 0.6 is 0 Å². The first-order valence-corrected chi connectivity index (χ1v) is 7.04. The van der Waals surface area contributed by atoms with E-state index in [9.17, 15) is 19.8 Å². The minimum absolute atomic E-state index is 0.159. The van der Waals surface area contributed by atoms with Crippen LogP contribution in [-0.2, 0) is 0 Å². The lowest BCUT2D eigenvalue weighted by Gasteiger charge is -2.08. The molecule has 0 aliphatic carbocycles. The zero-order chi connectivity index (χ0) is 18.0. The SMILES string of the molecule is Cc1cncc(-c2cnc(-c3nccnc3C(=O)O)c(C(=O)O)n2)c1. The van der Waals surface area contributed by atoms with E-state index in [0.717, 1.165) is 5.56 Å². The van der Waals surface area contributed by atoms with Gasteiger partial charge in [0.1, 0.15) is 11.4 Å². The summed E-state index contributed by atoms with van der Waals surface area (Å²) in [6.45, 7) is 1.84. The van der Waals surface area contributed by atoms with Gasteiger partial charge in [-0.3, -0.25) is 9.97 Å². The zero-order valence-corrected chi connectivity index (χ0v) is 12.9. The molecular formula is C16H11N5O4. The number of hydrogen-bond acceptors (Lipinski definition) is 7. The fraction of sp³-hybridized carbons (Fsp3) is 0.0625. The maximum absolute atomic E-state index is 11.6. The topological polar surface area (TPSA) is 139 Å². The van der Waals surface area contributed by atoms with Crippen LogP contribution < -0.4 is 0 Å². The van der Waals surface area contributed by atoms with Gasteiger partial charge in [0.15, 0.2) is 11.4 Å². The molecule has 0 saturated carbocycles. The highest BCUT2D eigenvalue weighted by Gasteiger charge is 2.23. The summed E-state index contributed by atoms with van der Waals surface area (Å²) in [5.41, 5.74) is 0.641. The minimum atomic E-state index is -1.35. The Balaban J connectivity index is 2.20. The monoisotopic (exact) mass is 337 g/mol. The molecular weight excluding hydrogens is 326 g/mol. The molecule has 124 valence electrons. The summed E-state index contributed by atoms with van der Waals surface area (Å²) in [7, 11) is 0. The number of carbonyl (C=O) groups is 2. The highest BCUT2D eigenvalue weighted by Crippen LogP contribution is 2.24. The highest BCUT2D eigenvalue weighted by molar-refractivity contribution is 5.97. The van der Waals surface area contributed by atoms with Crippen LogP contribution in [0.25, 0.3) is 22.6 Å². The fourth-order valence-electron chi connectivity index (χ4n) is 2.21. The van der Waals surface area contributed by atoms with Gasteiger partial charge in [-0.1, -0.05) is 0 Å². The molecule has 3 heterocycles. The molecule has 0 radical (unpaired) electrons. The Bertz CT molecular complexity index is 990. The zero-order valence-electron chi connectivity index (χ0n) is 12.9. The Kier molecular flexibility index (Phi) is 4.12. The van der Waals surface area contributed by atoms with E-state index in [1.165, 1.54) is 24.8 Å². The van der Waals surface area contributed by atoms with Gasteiger partial charge in [0.05, 0.1) is 11.9 Å². The van der Waals surface area contributed by atoms with Crippen molar-refractivity contribution < 1.29 is 19.8 Å². The van der Waals surface area contributed by atoms with E-state index >= 15 is 0 Å². The van der Waals surface area contributed by atoms with E-state index in [4.69, 9.17) is 0 Å². The molecule has 3 rings (SSSR count). The predicted molar refractivity (Wildman–Crippen MR) is 84.9 cm³/mol. The van der Waals surface area contributed by atoms with Crippen molar-refractivity contribution in [2.45, 2.75) is 6.92 Å². The average molecular weight is 337 g/mol. The summed E-state index contributed by atoms with van der Waals surface area (Å²) >= 11 is 0. The third-order valence-corrected chi connectivity index (χ3v) is 3.27.